The number of hydrogen-bond acceptors (Lipinski definition) is 7. The molecule has 8 heteroatoms. The first-order valence-electron chi connectivity index (χ1n) is 11.4. The van der Waals surface area contributed by atoms with Crippen molar-refractivity contribution in [3.05, 3.63) is 71.9 Å². The number of piperazine rings is 1. The maximum atomic E-state index is 12.8. The third-order valence-corrected chi connectivity index (χ3v) is 5.90. The fraction of sp³-hybridized carbons (Fsp3) is 0.269. The number of pyridine rings is 1. The van der Waals surface area contributed by atoms with Crippen LogP contribution in [0.4, 0.5) is 11.4 Å². The summed E-state index contributed by atoms with van der Waals surface area (Å²) in [6.45, 7) is 4.84. The molecule has 1 amide bonds. The normalized spacial score (nSPS) is 14.3. The number of hydrogen-bond donors (Lipinski definition) is 2. The second-order valence-corrected chi connectivity index (χ2v) is 8.65. The number of benzene rings is 2. The Balaban J connectivity index is 1.33. The summed E-state index contributed by atoms with van der Waals surface area (Å²) in [7, 11) is 3.90. The topological polar surface area (TPSA) is 86.5 Å². The zero-order valence-electron chi connectivity index (χ0n) is 19.4. The first-order valence-corrected chi connectivity index (χ1v) is 11.4. The number of carbonyl (C=O) groups excluding carboxylic acids is 1. The third kappa shape index (κ3) is 4.93. The van der Waals surface area contributed by atoms with Gasteiger partial charge in [-0.25, -0.2) is 4.98 Å². The van der Waals surface area contributed by atoms with Crippen LogP contribution in [0.2, 0.25) is 0 Å². The van der Waals surface area contributed by atoms with Gasteiger partial charge in [-0.15, -0.1) is 0 Å². The van der Waals surface area contributed by atoms with Crippen molar-refractivity contribution >= 4 is 28.5 Å². The molecule has 4 aromatic rings. The lowest BCUT2D eigenvalue weighted by Crippen LogP contribution is -2.43. The van der Waals surface area contributed by atoms with Crippen LogP contribution in [0.15, 0.2) is 65.1 Å². The molecule has 0 radical (unpaired) electrons. The lowest BCUT2D eigenvalue weighted by molar-refractivity contribution is 0.102. The van der Waals surface area contributed by atoms with Crippen LogP contribution in [0.1, 0.15) is 16.1 Å². The van der Waals surface area contributed by atoms with E-state index in [0.29, 0.717) is 28.4 Å². The summed E-state index contributed by atoms with van der Waals surface area (Å²) in [5, 5.41) is 6.34. The molecule has 1 fully saturated rings. The van der Waals surface area contributed by atoms with Crippen LogP contribution in [0.5, 0.6) is 0 Å². The van der Waals surface area contributed by atoms with Crippen molar-refractivity contribution in [1.82, 2.24) is 20.2 Å². The van der Waals surface area contributed by atoms with Crippen molar-refractivity contribution in [2.45, 2.75) is 6.54 Å². The third-order valence-electron chi connectivity index (χ3n) is 5.90. The fourth-order valence-corrected chi connectivity index (χ4v) is 4.03. The molecule has 0 unspecified atom stereocenters. The molecule has 2 aromatic carbocycles. The van der Waals surface area contributed by atoms with Gasteiger partial charge in [-0.1, -0.05) is 12.1 Å². The summed E-state index contributed by atoms with van der Waals surface area (Å²) >= 11 is 0. The molecule has 1 aliphatic heterocycles. The molecule has 3 heterocycles. The van der Waals surface area contributed by atoms with Gasteiger partial charge in [0.1, 0.15) is 0 Å². The van der Waals surface area contributed by atoms with E-state index >= 15 is 0 Å². The van der Waals surface area contributed by atoms with Gasteiger partial charge in [-0.05, 0) is 48.5 Å². The molecule has 8 nitrogen and oxygen atoms in total. The molecule has 174 valence electrons. The van der Waals surface area contributed by atoms with Gasteiger partial charge in [0.15, 0.2) is 11.2 Å². The standard InChI is InChI=1S/C26H28N6O2/c1-31(2)22-8-4-5-18(16-22)25(33)29-20-7-3-6-19(15-20)26-30-24-23(34-26)10-9-21(28-24)17-32-13-11-27-12-14-32/h3-10,15-16,27H,11-14,17H2,1-2H3,(H,29,33). The smallest absolute Gasteiger partial charge is 0.255 e. The number of carbonyl (C=O) groups is 1. The summed E-state index contributed by atoms with van der Waals surface area (Å²) in [4.78, 5) is 26.5. The number of nitrogens with zero attached hydrogens (tertiary/aromatic N) is 4. The van der Waals surface area contributed by atoms with Crippen molar-refractivity contribution in [2.24, 2.45) is 0 Å². The Morgan fingerprint density at radius 1 is 1.06 bits per heavy atom. The van der Waals surface area contributed by atoms with Gasteiger partial charge in [0.2, 0.25) is 5.89 Å². The molecule has 34 heavy (non-hydrogen) atoms. The van der Waals surface area contributed by atoms with Crippen molar-refractivity contribution in [3.8, 4) is 11.5 Å². The first kappa shape index (κ1) is 22.1. The number of anilines is 2. The minimum absolute atomic E-state index is 0.169. The Bertz CT molecular complexity index is 1310. The minimum atomic E-state index is -0.169. The zero-order valence-corrected chi connectivity index (χ0v) is 19.4. The van der Waals surface area contributed by atoms with E-state index in [-0.39, 0.29) is 5.91 Å². The van der Waals surface area contributed by atoms with E-state index in [1.165, 1.54) is 0 Å². The van der Waals surface area contributed by atoms with Crippen LogP contribution in [0, 0.1) is 0 Å². The number of fused-ring (bicyclic) bond motifs is 1. The highest BCUT2D eigenvalue weighted by Crippen LogP contribution is 2.26. The summed E-state index contributed by atoms with van der Waals surface area (Å²) in [5.41, 5.74) is 5.24. The second kappa shape index (κ2) is 9.62. The van der Waals surface area contributed by atoms with Gasteiger partial charge in [0.05, 0.1) is 5.69 Å². The Morgan fingerprint density at radius 3 is 2.71 bits per heavy atom. The second-order valence-electron chi connectivity index (χ2n) is 8.65. The zero-order chi connectivity index (χ0) is 23.5. The van der Waals surface area contributed by atoms with Gasteiger partial charge >= 0.3 is 0 Å². The van der Waals surface area contributed by atoms with Crippen LogP contribution in [0.25, 0.3) is 22.7 Å². The van der Waals surface area contributed by atoms with E-state index in [1.807, 2.05) is 73.6 Å². The molecule has 5 rings (SSSR count). The molecule has 1 saturated heterocycles. The maximum Gasteiger partial charge on any atom is 0.255 e. The molecular weight excluding hydrogens is 428 g/mol. The molecular formula is C26H28N6O2. The van der Waals surface area contributed by atoms with Gasteiger partial charge in [0.25, 0.3) is 5.91 Å². The quantitative estimate of drug-likeness (QED) is 0.458. The molecule has 0 spiro atoms. The number of amides is 1. The number of oxazole rings is 1. The molecule has 2 N–H and O–H groups in total. The predicted molar refractivity (Wildman–Crippen MR) is 134 cm³/mol. The van der Waals surface area contributed by atoms with Gasteiger partial charge in [-0.2, -0.15) is 4.98 Å². The first-order chi connectivity index (χ1) is 16.5. The summed E-state index contributed by atoms with van der Waals surface area (Å²) in [5.74, 6) is 0.310. The average Bonchev–Trinajstić information content (AvgIpc) is 3.28. The Kier molecular flexibility index (Phi) is 6.24. The number of nitrogens with one attached hydrogen (secondary N) is 2. The molecule has 0 aliphatic carbocycles. The van der Waals surface area contributed by atoms with Gasteiger partial charge in [-0.3, -0.25) is 9.69 Å². The van der Waals surface area contributed by atoms with Crippen LogP contribution >= 0.6 is 0 Å². The van der Waals surface area contributed by atoms with Crippen LogP contribution in [0.3, 0.4) is 0 Å². The highest BCUT2D eigenvalue weighted by Gasteiger charge is 2.15. The predicted octanol–water partition coefficient (Wildman–Crippen LogP) is 3.61. The molecule has 0 bridgehead atoms. The monoisotopic (exact) mass is 456 g/mol. The average molecular weight is 457 g/mol. The highest BCUT2D eigenvalue weighted by atomic mass is 16.3. The Labute approximate surface area is 198 Å². The van der Waals surface area contributed by atoms with E-state index in [0.717, 1.165) is 49.7 Å². The summed E-state index contributed by atoms with van der Waals surface area (Å²) < 4.78 is 5.97. The highest BCUT2D eigenvalue weighted by molar-refractivity contribution is 6.05. The molecule has 0 saturated carbocycles. The molecule has 1 aliphatic rings. The van der Waals surface area contributed by atoms with Crippen molar-refractivity contribution in [1.29, 1.82) is 0 Å². The largest absolute Gasteiger partial charge is 0.434 e. The van der Waals surface area contributed by atoms with Crippen LogP contribution in [-0.2, 0) is 6.54 Å². The maximum absolute atomic E-state index is 12.8. The molecule has 2 aromatic heterocycles. The Morgan fingerprint density at radius 2 is 1.88 bits per heavy atom. The van der Waals surface area contributed by atoms with E-state index in [9.17, 15) is 4.79 Å². The van der Waals surface area contributed by atoms with E-state index in [4.69, 9.17) is 9.40 Å². The van der Waals surface area contributed by atoms with Crippen LogP contribution in [-0.4, -0.2) is 61.0 Å². The SMILES string of the molecule is CN(C)c1cccc(C(=O)Nc2cccc(-c3nc4nc(CN5CCNCC5)ccc4o3)c2)c1. The van der Waals surface area contributed by atoms with E-state index in [2.05, 4.69) is 20.5 Å². The number of aromatic nitrogens is 2. The summed E-state index contributed by atoms with van der Waals surface area (Å²) in [6.07, 6.45) is 0. The lowest BCUT2D eigenvalue weighted by atomic mass is 10.1. The number of rotatable bonds is 6. The van der Waals surface area contributed by atoms with Crippen molar-refractivity contribution in [3.63, 3.8) is 0 Å². The van der Waals surface area contributed by atoms with Crippen molar-refractivity contribution in [2.75, 3.05) is 50.5 Å². The minimum Gasteiger partial charge on any atom is -0.434 e. The molecule has 0 atom stereocenters. The lowest BCUT2D eigenvalue weighted by Gasteiger charge is -2.26. The van der Waals surface area contributed by atoms with Gasteiger partial charge < -0.3 is 20.0 Å². The van der Waals surface area contributed by atoms with E-state index < -0.39 is 0 Å². The Hall–Kier alpha value is -3.75. The fourth-order valence-electron chi connectivity index (χ4n) is 4.03. The van der Waals surface area contributed by atoms with Crippen LogP contribution < -0.4 is 15.5 Å². The van der Waals surface area contributed by atoms with E-state index in [1.54, 1.807) is 6.07 Å². The summed E-state index contributed by atoms with van der Waals surface area (Å²) in [6, 6.07) is 18.9. The van der Waals surface area contributed by atoms with Crippen molar-refractivity contribution < 1.29 is 9.21 Å². The van der Waals surface area contributed by atoms with Gasteiger partial charge in [0, 0.05) is 69.3 Å².